The lowest BCUT2D eigenvalue weighted by Crippen LogP contribution is -2.38. The smallest absolute Gasteiger partial charge is 0.251 e. The van der Waals surface area contributed by atoms with E-state index < -0.39 is 0 Å². The summed E-state index contributed by atoms with van der Waals surface area (Å²) in [5.74, 6) is 0.405. The first-order valence-corrected chi connectivity index (χ1v) is 9.01. The lowest BCUT2D eigenvalue weighted by Gasteiger charge is -2.29. The number of benzene rings is 2. The molecule has 0 aromatic heterocycles. The maximum Gasteiger partial charge on any atom is 0.251 e. The topological polar surface area (TPSA) is 67.8 Å². The van der Waals surface area contributed by atoms with Crippen LogP contribution in [0.15, 0.2) is 54.6 Å². The molecule has 1 amide bonds. The van der Waals surface area contributed by atoms with Crippen molar-refractivity contribution < 1.29 is 19.4 Å². The molecular weight excluding hydrogens is 330 g/mol. The van der Waals surface area contributed by atoms with Gasteiger partial charge in [-0.1, -0.05) is 30.3 Å². The maximum atomic E-state index is 12.1. The predicted octanol–water partition coefficient (Wildman–Crippen LogP) is 3.13. The van der Waals surface area contributed by atoms with E-state index >= 15 is 0 Å². The molecule has 0 aliphatic carbocycles. The molecule has 0 spiro atoms. The first-order valence-electron chi connectivity index (χ1n) is 9.01. The molecule has 138 valence electrons. The lowest BCUT2D eigenvalue weighted by atomic mass is 9.99. The zero-order valence-corrected chi connectivity index (χ0v) is 14.8. The third-order valence-electron chi connectivity index (χ3n) is 4.55. The fourth-order valence-electron chi connectivity index (χ4n) is 2.99. The fourth-order valence-corrected chi connectivity index (χ4v) is 2.99. The summed E-state index contributed by atoms with van der Waals surface area (Å²) in [7, 11) is 0. The van der Waals surface area contributed by atoms with Crippen LogP contribution in [0.25, 0.3) is 0 Å². The van der Waals surface area contributed by atoms with Gasteiger partial charge in [0.1, 0.15) is 5.75 Å². The third kappa shape index (κ3) is 5.58. The predicted molar refractivity (Wildman–Crippen MR) is 99.0 cm³/mol. The van der Waals surface area contributed by atoms with Crippen molar-refractivity contribution in [3.8, 4) is 5.75 Å². The summed E-state index contributed by atoms with van der Waals surface area (Å²) in [4.78, 5) is 12.1. The van der Waals surface area contributed by atoms with Crippen LogP contribution >= 0.6 is 0 Å². The molecule has 3 rings (SSSR count). The number of aromatic hydroxyl groups is 1. The summed E-state index contributed by atoms with van der Waals surface area (Å²) in [6, 6.07) is 16.4. The number of rotatable bonds is 7. The number of amides is 1. The van der Waals surface area contributed by atoms with E-state index in [2.05, 4.69) is 17.4 Å². The Morgan fingerprint density at radius 2 is 1.88 bits per heavy atom. The van der Waals surface area contributed by atoms with Crippen LogP contribution in [-0.2, 0) is 16.1 Å². The molecule has 0 bridgehead atoms. The van der Waals surface area contributed by atoms with Gasteiger partial charge in [-0.2, -0.15) is 0 Å². The summed E-state index contributed by atoms with van der Waals surface area (Å²) in [6.07, 6.45) is 1.99. The van der Waals surface area contributed by atoms with Crippen molar-refractivity contribution in [1.82, 2.24) is 5.32 Å². The van der Waals surface area contributed by atoms with Crippen molar-refractivity contribution in [2.45, 2.75) is 25.6 Å². The average molecular weight is 355 g/mol. The van der Waals surface area contributed by atoms with Gasteiger partial charge >= 0.3 is 0 Å². The molecule has 1 heterocycles. The molecule has 0 radical (unpaired) electrons. The molecule has 2 aromatic carbocycles. The Hall–Kier alpha value is -2.37. The molecule has 26 heavy (non-hydrogen) atoms. The monoisotopic (exact) mass is 355 g/mol. The number of carbonyl (C=O) groups excluding carboxylic acids is 1. The number of hydrogen-bond donors (Lipinski definition) is 2. The van der Waals surface area contributed by atoms with E-state index in [1.807, 2.05) is 18.2 Å². The summed E-state index contributed by atoms with van der Waals surface area (Å²) >= 11 is 0. The molecule has 1 saturated heterocycles. The van der Waals surface area contributed by atoms with Gasteiger partial charge in [-0.3, -0.25) is 4.79 Å². The van der Waals surface area contributed by atoms with E-state index in [1.54, 1.807) is 12.1 Å². The van der Waals surface area contributed by atoms with E-state index in [9.17, 15) is 9.90 Å². The van der Waals surface area contributed by atoms with E-state index in [0.717, 1.165) is 12.8 Å². The van der Waals surface area contributed by atoms with Crippen LogP contribution < -0.4 is 5.32 Å². The average Bonchev–Trinajstić information content (AvgIpc) is 2.68. The second-order valence-electron chi connectivity index (χ2n) is 6.66. The first kappa shape index (κ1) is 18.4. The van der Waals surface area contributed by atoms with Gasteiger partial charge in [-0.15, -0.1) is 0 Å². The van der Waals surface area contributed by atoms with E-state index in [1.165, 1.54) is 17.7 Å². The maximum absolute atomic E-state index is 12.1. The summed E-state index contributed by atoms with van der Waals surface area (Å²) in [6.45, 7) is 2.48. The second-order valence-corrected chi connectivity index (χ2v) is 6.66. The Labute approximate surface area is 153 Å². The van der Waals surface area contributed by atoms with Gasteiger partial charge in [0.2, 0.25) is 0 Å². The molecule has 0 unspecified atom stereocenters. The Bertz CT molecular complexity index is 679. The Kier molecular flexibility index (Phi) is 6.63. The quantitative estimate of drug-likeness (QED) is 0.801. The molecule has 1 aliphatic rings. The summed E-state index contributed by atoms with van der Waals surface area (Å²) < 4.78 is 11.7. The normalized spacial score (nSPS) is 19.8. The number of phenols is 1. The zero-order valence-electron chi connectivity index (χ0n) is 14.8. The van der Waals surface area contributed by atoms with E-state index in [-0.39, 0.29) is 17.8 Å². The van der Waals surface area contributed by atoms with Crippen molar-refractivity contribution in [3.05, 3.63) is 65.7 Å². The molecule has 0 saturated carbocycles. The van der Waals surface area contributed by atoms with E-state index in [4.69, 9.17) is 9.47 Å². The molecule has 1 fully saturated rings. The Morgan fingerprint density at radius 1 is 1.12 bits per heavy atom. The highest BCUT2D eigenvalue weighted by Gasteiger charge is 2.22. The third-order valence-corrected chi connectivity index (χ3v) is 4.55. The van der Waals surface area contributed by atoms with Crippen molar-refractivity contribution >= 4 is 5.91 Å². The van der Waals surface area contributed by atoms with Crippen LogP contribution in [-0.4, -0.2) is 36.9 Å². The molecule has 2 atom stereocenters. The number of ether oxygens (including phenoxy) is 2. The van der Waals surface area contributed by atoms with Crippen LogP contribution in [0.5, 0.6) is 5.75 Å². The first-order chi connectivity index (χ1) is 12.7. The van der Waals surface area contributed by atoms with Gasteiger partial charge in [0, 0.05) is 18.0 Å². The number of carbonyl (C=O) groups is 1. The highest BCUT2D eigenvalue weighted by atomic mass is 16.5. The highest BCUT2D eigenvalue weighted by molar-refractivity contribution is 5.94. The van der Waals surface area contributed by atoms with Crippen LogP contribution in [0, 0.1) is 5.92 Å². The van der Waals surface area contributed by atoms with Gasteiger partial charge in [0.25, 0.3) is 5.91 Å². The number of phenolic OH excluding ortho intramolecular Hbond substituents is 1. The van der Waals surface area contributed by atoms with Gasteiger partial charge in [0.05, 0.1) is 25.9 Å². The molecule has 5 nitrogen and oxygen atoms in total. The lowest BCUT2D eigenvalue weighted by molar-refractivity contribution is -0.0427. The zero-order chi connectivity index (χ0) is 18.2. The molecule has 1 aliphatic heterocycles. The summed E-state index contributed by atoms with van der Waals surface area (Å²) in [5.41, 5.74) is 1.71. The highest BCUT2D eigenvalue weighted by Crippen LogP contribution is 2.19. The summed E-state index contributed by atoms with van der Waals surface area (Å²) in [5, 5.41) is 12.2. The van der Waals surface area contributed by atoms with Gasteiger partial charge < -0.3 is 19.9 Å². The van der Waals surface area contributed by atoms with Crippen molar-refractivity contribution in [2.24, 2.45) is 5.92 Å². The minimum Gasteiger partial charge on any atom is -0.508 e. The van der Waals surface area contributed by atoms with Gasteiger partial charge in [0.15, 0.2) is 0 Å². The van der Waals surface area contributed by atoms with Crippen molar-refractivity contribution in [1.29, 1.82) is 0 Å². The number of nitrogens with one attached hydrogen (secondary N) is 1. The minimum absolute atomic E-state index is 0.0430. The van der Waals surface area contributed by atoms with Crippen LogP contribution in [0.1, 0.15) is 28.8 Å². The molecule has 2 N–H and O–H groups in total. The minimum atomic E-state index is -0.151. The van der Waals surface area contributed by atoms with Crippen LogP contribution in [0.4, 0.5) is 0 Å². The molecular formula is C21H25NO4. The van der Waals surface area contributed by atoms with Crippen LogP contribution in [0.3, 0.4) is 0 Å². The standard InChI is InChI=1S/C21H25NO4/c23-19-9-7-18(8-10-19)21(24)22-12-20-11-6-17(15-26-20)14-25-13-16-4-2-1-3-5-16/h1-5,7-10,17,20,23H,6,11-15H2,(H,22,24)/t17-,20+/m0/s1. The van der Waals surface area contributed by atoms with Gasteiger partial charge in [-0.05, 0) is 42.7 Å². The van der Waals surface area contributed by atoms with Gasteiger partial charge in [-0.25, -0.2) is 0 Å². The fraction of sp³-hybridized carbons (Fsp3) is 0.381. The van der Waals surface area contributed by atoms with Crippen molar-refractivity contribution in [2.75, 3.05) is 19.8 Å². The molecule has 2 aromatic rings. The van der Waals surface area contributed by atoms with Crippen LogP contribution in [0.2, 0.25) is 0 Å². The Balaban J connectivity index is 1.32. The molecule has 5 heteroatoms. The number of hydrogen-bond acceptors (Lipinski definition) is 4. The SMILES string of the molecule is O=C(NC[C@H]1CC[C@@H](COCc2ccccc2)CO1)c1ccc(O)cc1. The van der Waals surface area contributed by atoms with E-state index in [0.29, 0.717) is 37.8 Å². The van der Waals surface area contributed by atoms with Crippen molar-refractivity contribution in [3.63, 3.8) is 0 Å². The Morgan fingerprint density at radius 3 is 2.58 bits per heavy atom. The second kappa shape index (κ2) is 9.36. The largest absolute Gasteiger partial charge is 0.508 e.